The SMILES string of the molecule is CC(C)N(CCNC(=O)c1cn(CCN)nn1)C(C)C. The molecule has 114 valence electrons. The van der Waals surface area contributed by atoms with E-state index in [0.29, 0.717) is 37.4 Å². The number of amides is 1. The van der Waals surface area contributed by atoms with Crippen LogP contribution in [0.1, 0.15) is 38.2 Å². The summed E-state index contributed by atoms with van der Waals surface area (Å²) in [6, 6.07) is 0.912. The summed E-state index contributed by atoms with van der Waals surface area (Å²) >= 11 is 0. The smallest absolute Gasteiger partial charge is 0.273 e. The number of hydrogen-bond acceptors (Lipinski definition) is 5. The number of nitrogens with two attached hydrogens (primary N) is 1. The predicted octanol–water partition coefficient (Wildman–Crippen LogP) is 0.0854. The van der Waals surface area contributed by atoms with Crippen LogP contribution in [0.5, 0.6) is 0 Å². The lowest BCUT2D eigenvalue weighted by molar-refractivity contribution is 0.0934. The van der Waals surface area contributed by atoms with E-state index in [4.69, 9.17) is 5.73 Å². The zero-order valence-corrected chi connectivity index (χ0v) is 12.8. The fourth-order valence-corrected chi connectivity index (χ4v) is 2.15. The summed E-state index contributed by atoms with van der Waals surface area (Å²) in [7, 11) is 0. The monoisotopic (exact) mass is 282 g/mol. The highest BCUT2D eigenvalue weighted by Gasteiger charge is 2.14. The second-order valence-electron chi connectivity index (χ2n) is 5.34. The molecular weight excluding hydrogens is 256 g/mol. The molecule has 1 amide bonds. The van der Waals surface area contributed by atoms with Gasteiger partial charge in [0.15, 0.2) is 5.69 Å². The summed E-state index contributed by atoms with van der Waals surface area (Å²) in [4.78, 5) is 14.2. The Balaban J connectivity index is 2.42. The van der Waals surface area contributed by atoms with E-state index in [2.05, 4.69) is 48.2 Å². The van der Waals surface area contributed by atoms with Gasteiger partial charge in [-0.25, -0.2) is 0 Å². The number of rotatable bonds is 8. The highest BCUT2D eigenvalue weighted by molar-refractivity contribution is 5.91. The van der Waals surface area contributed by atoms with E-state index in [1.54, 1.807) is 10.9 Å². The van der Waals surface area contributed by atoms with Crippen molar-refractivity contribution in [2.75, 3.05) is 19.6 Å². The third kappa shape index (κ3) is 4.90. The Hall–Kier alpha value is -1.47. The number of hydrogen-bond donors (Lipinski definition) is 2. The van der Waals surface area contributed by atoms with Gasteiger partial charge in [-0.1, -0.05) is 5.21 Å². The van der Waals surface area contributed by atoms with Crippen LogP contribution in [-0.2, 0) is 6.54 Å². The zero-order valence-electron chi connectivity index (χ0n) is 12.8. The highest BCUT2D eigenvalue weighted by atomic mass is 16.2. The van der Waals surface area contributed by atoms with Crippen molar-refractivity contribution < 1.29 is 4.79 Å². The molecule has 0 fully saturated rings. The number of carbonyl (C=O) groups is 1. The van der Waals surface area contributed by atoms with Gasteiger partial charge in [-0.15, -0.1) is 5.10 Å². The lowest BCUT2D eigenvalue weighted by Crippen LogP contribution is -2.42. The Bertz CT molecular complexity index is 407. The molecule has 0 aliphatic rings. The van der Waals surface area contributed by atoms with E-state index in [0.717, 1.165) is 6.54 Å². The van der Waals surface area contributed by atoms with Crippen LogP contribution in [0.2, 0.25) is 0 Å². The molecule has 0 bridgehead atoms. The molecule has 0 spiro atoms. The van der Waals surface area contributed by atoms with E-state index in [1.165, 1.54) is 0 Å². The molecule has 0 aliphatic heterocycles. The first kappa shape index (κ1) is 16.6. The van der Waals surface area contributed by atoms with Gasteiger partial charge in [0.1, 0.15) is 0 Å². The summed E-state index contributed by atoms with van der Waals surface area (Å²) in [5, 5.41) is 10.5. The summed E-state index contributed by atoms with van der Waals surface area (Å²) in [5.74, 6) is -0.194. The fraction of sp³-hybridized carbons (Fsp3) is 0.769. The second-order valence-corrected chi connectivity index (χ2v) is 5.34. The van der Waals surface area contributed by atoms with Crippen LogP contribution in [0.15, 0.2) is 6.20 Å². The van der Waals surface area contributed by atoms with Gasteiger partial charge in [0.05, 0.1) is 12.7 Å². The van der Waals surface area contributed by atoms with Crippen LogP contribution in [0.3, 0.4) is 0 Å². The van der Waals surface area contributed by atoms with Crippen LogP contribution in [0.25, 0.3) is 0 Å². The minimum absolute atomic E-state index is 0.194. The van der Waals surface area contributed by atoms with Crippen LogP contribution in [0.4, 0.5) is 0 Å². The van der Waals surface area contributed by atoms with Gasteiger partial charge in [-0.2, -0.15) is 0 Å². The molecule has 0 saturated heterocycles. The molecular formula is C13H26N6O. The summed E-state index contributed by atoms with van der Waals surface area (Å²) in [5.41, 5.74) is 5.75. The fourth-order valence-electron chi connectivity index (χ4n) is 2.15. The third-order valence-corrected chi connectivity index (χ3v) is 3.11. The number of nitrogens with one attached hydrogen (secondary N) is 1. The minimum Gasteiger partial charge on any atom is -0.349 e. The predicted molar refractivity (Wildman–Crippen MR) is 78.4 cm³/mol. The van der Waals surface area contributed by atoms with Crippen molar-refractivity contribution >= 4 is 5.91 Å². The molecule has 7 nitrogen and oxygen atoms in total. The van der Waals surface area contributed by atoms with Crippen LogP contribution >= 0.6 is 0 Å². The van der Waals surface area contributed by atoms with Gasteiger partial charge < -0.3 is 11.1 Å². The van der Waals surface area contributed by atoms with Crippen molar-refractivity contribution in [1.82, 2.24) is 25.2 Å². The molecule has 0 radical (unpaired) electrons. The Morgan fingerprint density at radius 2 is 2.05 bits per heavy atom. The lowest BCUT2D eigenvalue weighted by atomic mass is 10.2. The van der Waals surface area contributed by atoms with E-state index in [-0.39, 0.29) is 5.91 Å². The van der Waals surface area contributed by atoms with Crippen LogP contribution in [-0.4, -0.2) is 57.5 Å². The van der Waals surface area contributed by atoms with Gasteiger partial charge in [0.25, 0.3) is 5.91 Å². The lowest BCUT2D eigenvalue weighted by Gasteiger charge is -2.30. The molecule has 7 heteroatoms. The first-order valence-electron chi connectivity index (χ1n) is 7.09. The van der Waals surface area contributed by atoms with Crippen molar-refractivity contribution in [1.29, 1.82) is 0 Å². The number of carbonyl (C=O) groups excluding carboxylic acids is 1. The quantitative estimate of drug-likeness (QED) is 0.705. The van der Waals surface area contributed by atoms with Crippen molar-refractivity contribution in [3.05, 3.63) is 11.9 Å². The largest absolute Gasteiger partial charge is 0.349 e. The van der Waals surface area contributed by atoms with Crippen molar-refractivity contribution in [2.45, 2.75) is 46.3 Å². The summed E-state index contributed by atoms with van der Waals surface area (Å²) in [6.45, 7) is 11.1. The Labute approximate surface area is 120 Å². The average molecular weight is 282 g/mol. The summed E-state index contributed by atoms with van der Waals surface area (Å²) < 4.78 is 1.57. The van der Waals surface area contributed by atoms with Gasteiger partial charge in [0.2, 0.25) is 0 Å². The van der Waals surface area contributed by atoms with Gasteiger partial charge >= 0.3 is 0 Å². The van der Waals surface area contributed by atoms with Gasteiger partial charge in [-0.05, 0) is 27.7 Å². The maximum atomic E-state index is 11.9. The maximum Gasteiger partial charge on any atom is 0.273 e. The molecule has 0 atom stereocenters. The van der Waals surface area contributed by atoms with Crippen LogP contribution < -0.4 is 11.1 Å². The third-order valence-electron chi connectivity index (χ3n) is 3.11. The van der Waals surface area contributed by atoms with Crippen molar-refractivity contribution in [3.63, 3.8) is 0 Å². The van der Waals surface area contributed by atoms with Crippen LogP contribution in [0, 0.1) is 0 Å². The van der Waals surface area contributed by atoms with E-state index >= 15 is 0 Å². The molecule has 0 aliphatic carbocycles. The second kappa shape index (κ2) is 7.96. The molecule has 0 saturated carbocycles. The van der Waals surface area contributed by atoms with Crippen molar-refractivity contribution in [2.24, 2.45) is 5.73 Å². The first-order valence-corrected chi connectivity index (χ1v) is 7.09. The Morgan fingerprint density at radius 3 is 2.60 bits per heavy atom. The number of aromatic nitrogens is 3. The maximum absolute atomic E-state index is 11.9. The van der Waals surface area contributed by atoms with Gasteiger partial charge in [0, 0.05) is 31.7 Å². The van der Waals surface area contributed by atoms with Gasteiger partial charge in [-0.3, -0.25) is 14.4 Å². The molecule has 3 N–H and O–H groups in total. The Morgan fingerprint density at radius 1 is 1.40 bits per heavy atom. The molecule has 1 rings (SSSR count). The zero-order chi connectivity index (χ0) is 15.1. The van der Waals surface area contributed by atoms with E-state index in [1.807, 2.05) is 0 Å². The molecule has 20 heavy (non-hydrogen) atoms. The summed E-state index contributed by atoms with van der Waals surface area (Å²) in [6.07, 6.45) is 1.62. The van der Waals surface area contributed by atoms with E-state index < -0.39 is 0 Å². The normalized spacial score (nSPS) is 11.6. The molecule has 1 aromatic heterocycles. The minimum atomic E-state index is -0.194. The topological polar surface area (TPSA) is 89.1 Å². The average Bonchev–Trinajstić information content (AvgIpc) is 2.82. The Kier molecular flexibility index (Phi) is 6.60. The standard InChI is InChI=1S/C13H26N6O/c1-10(2)19(11(3)4)8-6-15-13(20)12-9-18(7-5-14)17-16-12/h9-11H,5-8,14H2,1-4H3,(H,15,20). The molecule has 1 heterocycles. The number of nitrogens with zero attached hydrogens (tertiary/aromatic N) is 4. The molecule has 1 aromatic rings. The van der Waals surface area contributed by atoms with Crippen molar-refractivity contribution in [3.8, 4) is 0 Å². The van der Waals surface area contributed by atoms with E-state index in [9.17, 15) is 4.79 Å². The first-order chi connectivity index (χ1) is 9.45. The highest BCUT2D eigenvalue weighted by Crippen LogP contribution is 2.03. The molecule has 0 unspecified atom stereocenters. The molecule has 0 aromatic carbocycles.